The molecule has 4 nitrogen and oxygen atoms in total. The molecule has 2 fully saturated rings. The molecular formula is C27H32ClFN2O2. The Hall–Kier alpha value is -2.33. The summed E-state index contributed by atoms with van der Waals surface area (Å²) in [7, 11) is 0. The van der Waals surface area contributed by atoms with Crippen LogP contribution in [-0.2, 0) is 11.3 Å². The van der Waals surface area contributed by atoms with E-state index in [1.165, 1.54) is 49.8 Å². The van der Waals surface area contributed by atoms with E-state index in [9.17, 15) is 9.18 Å². The number of ether oxygens (including phenoxy) is 1. The summed E-state index contributed by atoms with van der Waals surface area (Å²) in [6.07, 6.45) is 6.13. The van der Waals surface area contributed by atoms with Crippen molar-refractivity contribution in [1.29, 1.82) is 0 Å². The van der Waals surface area contributed by atoms with Crippen molar-refractivity contribution in [2.24, 2.45) is 0 Å². The second kappa shape index (κ2) is 10.7. The molecule has 0 N–H and O–H groups in total. The SMILES string of the molecule is C[C@@H]1CN(COc2ccc(Cl)cc2C2CCCCC2)[C@@H](C)C(=C=O)N1Cc1ccc(F)cc1. The van der Waals surface area contributed by atoms with E-state index in [-0.39, 0.29) is 17.9 Å². The van der Waals surface area contributed by atoms with Crippen LogP contribution in [-0.4, -0.2) is 41.1 Å². The van der Waals surface area contributed by atoms with E-state index in [1.807, 2.05) is 19.1 Å². The second-order valence-corrected chi connectivity index (χ2v) is 9.76. The fourth-order valence-corrected chi connectivity index (χ4v) is 5.30. The summed E-state index contributed by atoms with van der Waals surface area (Å²) in [5.41, 5.74) is 2.76. The van der Waals surface area contributed by atoms with Crippen molar-refractivity contribution < 1.29 is 13.9 Å². The number of hydrogen-bond donors (Lipinski definition) is 0. The zero-order chi connectivity index (χ0) is 23.4. The quantitative estimate of drug-likeness (QED) is 0.472. The van der Waals surface area contributed by atoms with Crippen molar-refractivity contribution in [2.45, 2.75) is 70.5 Å². The predicted molar refractivity (Wildman–Crippen MR) is 130 cm³/mol. The third-order valence-corrected chi connectivity index (χ3v) is 7.29. The highest BCUT2D eigenvalue weighted by atomic mass is 35.5. The molecular weight excluding hydrogens is 439 g/mol. The highest BCUT2D eigenvalue weighted by Crippen LogP contribution is 2.39. The molecule has 0 aromatic heterocycles. The summed E-state index contributed by atoms with van der Waals surface area (Å²) in [6, 6.07) is 12.3. The molecule has 2 aliphatic rings. The lowest BCUT2D eigenvalue weighted by Gasteiger charge is -2.45. The summed E-state index contributed by atoms with van der Waals surface area (Å²) in [6.45, 7) is 5.79. The van der Waals surface area contributed by atoms with Crippen LogP contribution in [0.3, 0.4) is 0 Å². The standard InChI is InChI=1S/C27H32ClFN2O2/c1-19-15-30(20(2)26(17-32)31(19)16-21-8-11-24(29)12-9-21)18-33-27-13-10-23(28)14-25(27)22-6-4-3-5-7-22/h8-14,19-20,22H,3-7,15-16,18H2,1-2H3/t19-,20+/m1/s1. The van der Waals surface area contributed by atoms with Crippen molar-refractivity contribution >= 4 is 17.5 Å². The molecule has 2 aromatic rings. The van der Waals surface area contributed by atoms with Crippen LogP contribution in [0, 0.1) is 5.82 Å². The number of piperazine rings is 1. The van der Waals surface area contributed by atoms with Crippen LogP contribution in [0.1, 0.15) is 63.0 Å². The lowest BCUT2D eigenvalue weighted by atomic mass is 9.84. The van der Waals surface area contributed by atoms with Crippen molar-refractivity contribution in [1.82, 2.24) is 9.80 Å². The lowest BCUT2D eigenvalue weighted by molar-refractivity contribution is 0.0280. The molecule has 0 spiro atoms. The van der Waals surface area contributed by atoms with Crippen LogP contribution in [0.15, 0.2) is 48.2 Å². The van der Waals surface area contributed by atoms with Gasteiger partial charge in [-0.05, 0) is 74.1 Å². The Labute approximate surface area is 201 Å². The number of nitrogens with zero attached hydrogens (tertiary/aromatic N) is 2. The van der Waals surface area contributed by atoms with Gasteiger partial charge in [-0.1, -0.05) is 43.0 Å². The van der Waals surface area contributed by atoms with E-state index in [2.05, 4.69) is 28.7 Å². The van der Waals surface area contributed by atoms with Gasteiger partial charge < -0.3 is 9.64 Å². The number of carbonyl (C=O) groups excluding carboxylic acids is 1. The van der Waals surface area contributed by atoms with Gasteiger partial charge in [-0.15, -0.1) is 0 Å². The van der Waals surface area contributed by atoms with Crippen molar-refractivity contribution in [3.63, 3.8) is 0 Å². The largest absolute Gasteiger partial charge is 0.478 e. The van der Waals surface area contributed by atoms with E-state index in [1.54, 1.807) is 12.1 Å². The molecule has 0 unspecified atom stereocenters. The first-order valence-corrected chi connectivity index (χ1v) is 12.3. The molecule has 1 saturated carbocycles. The van der Waals surface area contributed by atoms with E-state index < -0.39 is 0 Å². The van der Waals surface area contributed by atoms with Crippen molar-refractivity contribution in [3.8, 4) is 5.75 Å². The zero-order valence-corrected chi connectivity index (χ0v) is 20.2. The minimum Gasteiger partial charge on any atom is -0.478 e. The molecule has 176 valence electrons. The van der Waals surface area contributed by atoms with Gasteiger partial charge in [0.1, 0.15) is 29.9 Å². The Morgan fingerprint density at radius 3 is 2.52 bits per heavy atom. The maximum absolute atomic E-state index is 13.3. The van der Waals surface area contributed by atoms with Gasteiger partial charge in [0.05, 0.1) is 6.04 Å². The fraction of sp³-hybridized carbons (Fsp3) is 0.481. The average Bonchev–Trinajstić information content (AvgIpc) is 2.83. The first-order chi connectivity index (χ1) is 16.0. The molecule has 1 heterocycles. The predicted octanol–water partition coefficient (Wildman–Crippen LogP) is 6.17. The van der Waals surface area contributed by atoms with Gasteiger partial charge in [0, 0.05) is 24.2 Å². The molecule has 1 aliphatic carbocycles. The Balaban J connectivity index is 1.46. The molecule has 6 heteroatoms. The zero-order valence-electron chi connectivity index (χ0n) is 19.4. The van der Waals surface area contributed by atoms with Gasteiger partial charge in [-0.2, -0.15) is 0 Å². The second-order valence-electron chi connectivity index (χ2n) is 9.33. The van der Waals surface area contributed by atoms with Gasteiger partial charge in [-0.25, -0.2) is 9.18 Å². The molecule has 0 amide bonds. The summed E-state index contributed by atoms with van der Waals surface area (Å²) in [4.78, 5) is 16.2. The van der Waals surface area contributed by atoms with Crippen LogP contribution in [0.2, 0.25) is 5.02 Å². The third-order valence-electron chi connectivity index (χ3n) is 7.06. The number of halogens is 2. The molecule has 0 radical (unpaired) electrons. The Bertz CT molecular complexity index is 1000. The normalized spacial score (nSPS) is 22.3. The van der Waals surface area contributed by atoms with Crippen LogP contribution in [0.25, 0.3) is 0 Å². The Kier molecular flexibility index (Phi) is 7.75. The van der Waals surface area contributed by atoms with E-state index >= 15 is 0 Å². The van der Waals surface area contributed by atoms with Gasteiger partial charge >= 0.3 is 0 Å². The maximum Gasteiger partial charge on any atom is 0.147 e. The smallest absolute Gasteiger partial charge is 0.147 e. The minimum atomic E-state index is -0.261. The molecule has 2 atom stereocenters. The number of rotatable bonds is 6. The monoisotopic (exact) mass is 470 g/mol. The van der Waals surface area contributed by atoms with E-state index in [0.29, 0.717) is 24.9 Å². The lowest BCUT2D eigenvalue weighted by Crippen LogP contribution is -2.55. The first-order valence-electron chi connectivity index (χ1n) is 11.9. The summed E-state index contributed by atoms with van der Waals surface area (Å²) >= 11 is 6.32. The topological polar surface area (TPSA) is 32.8 Å². The van der Waals surface area contributed by atoms with E-state index in [4.69, 9.17) is 16.3 Å². The van der Waals surface area contributed by atoms with Crippen LogP contribution < -0.4 is 4.74 Å². The van der Waals surface area contributed by atoms with Crippen molar-refractivity contribution in [3.05, 3.63) is 70.1 Å². The van der Waals surface area contributed by atoms with Crippen molar-refractivity contribution in [2.75, 3.05) is 13.3 Å². The highest BCUT2D eigenvalue weighted by Gasteiger charge is 2.34. The van der Waals surface area contributed by atoms with E-state index in [0.717, 1.165) is 22.9 Å². The first kappa shape index (κ1) is 23.8. The minimum absolute atomic E-state index is 0.0920. The fourth-order valence-electron chi connectivity index (χ4n) is 5.12. The Morgan fingerprint density at radius 1 is 1.09 bits per heavy atom. The van der Waals surface area contributed by atoms with Gasteiger partial charge in [0.25, 0.3) is 0 Å². The molecule has 1 aliphatic heterocycles. The number of hydrogen-bond acceptors (Lipinski definition) is 4. The highest BCUT2D eigenvalue weighted by molar-refractivity contribution is 6.30. The average molecular weight is 471 g/mol. The summed E-state index contributed by atoms with van der Waals surface area (Å²) in [5, 5.41) is 0.741. The molecule has 4 rings (SSSR count). The molecule has 0 bridgehead atoms. The number of benzene rings is 2. The van der Waals surface area contributed by atoms with Gasteiger partial charge in [0.15, 0.2) is 0 Å². The van der Waals surface area contributed by atoms with Crippen LogP contribution in [0.4, 0.5) is 4.39 Å². The van der Waals surface area contributed by atoms with Gasteiger partial charge in [0.2, 0.25) is 0 Å². The summed E-state index contributed by atoms with van der Waals surface area (Å²) in [5.74, 6) is 3.28. The van der Waals surface area contributed by atoms with Gasteiger partial charge in [-0.3, -0.25) is 4.90 Å². The molecule has 1 saturated heterocycles. The van der Waals surface area contributed by atoms with Crippen LogP contribution >= 0.6 is 11.6 Å². The maximum atomic E-state index is 13.3. The molecule has 33 heavy (non-hydrogen) atoms. The summed E-state index contributed by atoms with van der Waals surface area (Å²) < 4.78 is 19.6. The Morgan fingerprint density at radius 2 is 1.82 bits per heavy atom. The molecule has 2 aromatic carbocycles. The third kappa shape index (κ3) is 5.60. The van der Waals surface area contributed by atoms with Crippen LogP contribution in [0.5, 0.6) is 5.75 Å².